The van der Waals surface area contributed by atoms with Gasteiger partial charge >= 0.3 is 0 Å². The van der Waals surface area contributed by atoms with Crippen molar-refractivity contribution in [2.75, 3.05) is 5.32 Å². The van der Waals surface area contributed by atoms with Crippen LogP contribution in [-0.4, -0.2) is 16.1 Å². The van der Waals surface area contributed by atoms with E-state index in [-0.39, 0.29) is 17.4 Å². The normalized spacial score (nSPS) is 15.0. The van der Waals surface area contributed by atoms with Gasteiger partial charge in [-0.3, -0.25) is 9.89 Å². The molecule has 4 rings (SSSR count). The van der Waals surface area contributed by atoms with E-state index in [0.29, 0.717) is 16.9 Å². The molecular formula is C19H17F2N3O. The van der Waals surface area contributed by atoms with E-state index in [0.717, 1.165) is 49.3 Å². The molecule has 0 radical (unpaired) electrons. The Hall–Kier alpha value is -2.76. The SMILES string of the molecule is O=C(Nc1n[nH]c2cc(-c3cc(F)ccc3F)ccc12)C1CCCC1. The number of aromatic amines is 1. The fourth-order valence-corrected chi connectivity index (χ4v) is 3.41. The topological polar surface area (TPSA) is 57.8 Å². The summed E-state index contributed by atoms with van der Waals surface area (Å²) in [4.78, 5) is 12.3. The van der Waals surface area contributed by atoms with Gasteiger partial charge in [-0.15, -0.1) is 0 Å². The first-order chi connectivity index (χ1) is 12.1. The third-order valence-corrected chi connectivity index (χ3v) is 4.77. The van der Waals surface area contributed by atoms with Crippen LogP contribution < -0.4 is 5.32 Å². The highest BCUT2D eigenvalue weighted by atomic mass is 19.1. The average Bonchev–Trinajstić information content (AvgIpc) is 3.27. The van der Waals surface area contributed by atoms with Gasteiger partial charge in [-0.1, -0.05) is 18.9 Å². The Balaban J connectivity index is 1.64. The van der Waals surface area contributed by atoms with Gasteiger partial charge in [0.1, 0.15) is 11.6 Å². The van der Waals surface area contributed by atoms with Gasteiger partial charge in [0.15, 0.2) is 5.82 Å². The molecule has 1 aliphatic rings. The molecule has 0 aliphatic heterocycles. The number of carbonyl (C=O) groups excluding carboxylic acids is 1. The number of nitrogens with one attached hydrogen (secondary N) is 2. The van der Waals surface area contributed by atoms with Crippen LogP contribution in [0.3, 0.4) is 0 Å². The van der Waals surface area contributed by atoms with Gasteiger partial charge in [-0.2, -0.15) is 5.10 Å². The van der Waals surface area contributed by atoms with E-state index in [1.165, 1.54) is 0 Å². The zero-order chi connectivity index (χ0) is 17.4. The van der Waals surface area contributed by atoms with Crippen LogP contribution in [0.25, 0.3) is 22.0 Å². The second-order valence-electron chi connectivity index (χ2n) is 6.43. The highest BCUT2D eigenvalue weighted by molar-refractivity contribution is 6.01. The Morgan fingerprint density at radius 2 is 1.92 bits per heavy atom. The van der Waals surface area contributed by atoms with Crippen molar-refractivity contribution in [1.29, 1.82) is 0 Å². The molecule has 0 spiro atoms. The zero-order valence-corrected chi connectivity index (χ0v) is 13.5. The van der Waals surface area contributed by atoms with Gasteiger partial charge in [0, 0.05) is 16.9 Å². The summed E-state index contributed by atoms with van der Waals surface area (Å²) in [5, 5.41) is 10.6. The van der Waals surface area contributed by atoms with E-state index >= 15 is 0 Å². The summed E-state index contributed by atoms with van der Waals surface area (Å²) in [7, 11) is 0. The number of carbonyl (C=O) groups is 1. The van der Waals surface area contributed by atoms with E-state index in [9.17, 15) is 13.6 Å². The Kier molecular flexibility index (Phi) is 3.95. The molecule has 0 unspecified atom stereocenters. The third kappa shape index (κ3) is 2.99. The second-order valence-corrected chi connectivity index (χ2v) is 6.43. The van der Waals surface area contributed by atoms with Crippen LogP contribution in [0, 0.1) is 17.6 Å². The number of aromatic nitrogens is 2. The number of amides is 1. The van der Waals surface area contributed by atoms with Crippen molar-refractivity contribution in [2.24, 2.45) is 5.92 Å². The van der Waals surface area contributed by atoms with Crippen LogP contribution in [0.1, 0.15) is 25.7 Å². The maximum absolute atomic E-state index is 14.0. The van der Waals surface area contributed by atoms with Crippen LogP contribution >= 0.6 is 0 Å². The molecule has 1 amide bonds. The average molecular weight is 341 g/mol. The molecule has 1 aromatic heterocycles. The van der Waals surface area contributed by atoms with Crippen molar-refractivity contribution in [2.45, 2.75) is 25.7 Å². The van der Waals surface area contributed by atoms with Gasteiger partial charge in [-0.05, 0) is 48.7 Å². The summed E-state index contributed by atoms with van der Waals surface area (Å²) < 4.78 is 27.4. The summed E-state index contributed by atoms with van der Waals surface area (Å²) in [6.45, 7) is 0. The van der Waals surface area contributed by atoms with Crippen LogP contribution in [0.15, 0.2) is 36.4 Å². The van der Waals surface area contributed by atoms with Gasteiger partial charge < -0.3 is 5.32 Å². The monoisotopic (exact) mass is 341 g/mol. The van der Waals surface area contributed by atoms with E-state index in [4.69, 9.17) is 0 Å². The molecule has 4 nitrogen and oxygen atoms in total. The first-order valence-electron chi connectivity index (χ1n) is 8.36. The molecule has 1 fully saturated rings. The molecular weight excluding hydrogens is 324 g/mol. The molecule has 6 heteroatoms. The highest BCUT2D eigenvalue weighted by Gasteiger charge is 2.23. The number of anilines is 1. The molecule has 128 valence electrons. The number of hydrogen-bond donors (Lipinski definition) is 2. The maximum atomic E-state index is 14.0. The summed E-state index contributed by atoms with van der Waals surface area (Å²) in [6.07, 6.45) is 4.00. The molecule has 0 saturated heterocycles. The molecule has 3 aromatic rings. The number of nitrogens with zero attached hydrogens (tertiary/aromatic N) is 1. The zero-order valence-electron chi connectivity index (χ0n) is 13.5. The van der Waals surface area contributed by atoms with Crippen LogP contribution in [0.2, 0.25) is 0 Å². The van der Waals surface area contributed by atoms with Crippen LogP contribution in [-0.2, 0) is 4.79 Å². The Morgan fingerprint density at radius 1 is 1.12 bits per heavy atom. The predicted octanol–water partition coefficient (Wildman–Crippen LogP) is 4.64. The van der Waals surface area contributed by atoms with Crippen molar-refractivity contribution in [3.8, 4) is 11.1 Å². The number of benzene rings is 2. The lowest BCUT2D eigenvalue weighted by atomic mass is 10.0. The molecule has 1 saturated carbocycles. The fraction of sp³-hybridized carbons (Fsp3) is 0.263. The highest BCUT2D eigenvalue weighted by Crippen LogP contribution is 2.30. The van der Waals surface area contributed by atoms with E-state index in [1.807, 2.05) is 0 Å². The van der Waals surface area contributed by atoms with Crippen LogP contribution in [0.5, 0.6) is 0 Å². The fourth-order valence-electron chi connectivity index (χ4n) is 3.41. The molecule has 2 aromatic carbocycles. The minimum absolute atomic E-state index is 0.00819. The van der Waals surface area contributed by atoms with Crippen molar-refractivity contribution in [3.63, 3.8) is 0 Å². The van der Waals surface area contributed by atoms with Gasteiger partial charge in [-0.25, -0.2) is 8.78 Å². The van der Waals surface area contributed by atoms with Gasteiger partial charge in [0.05, 0.1) is 5.52 Å². The number of hydrogen-bond acceptors (Lipinski definition) is 2. The van der Waals surface area contributed by atoms with Gasteiger partial charge in [0.2, 0.25) is 5.91 Å². The summed E-state index contributed by atoms with van der Waals surface area (Å²) in [6, 6.07) is 8.50. The van der Waals surface area contributed by atoms with Crippen molar-refractivity contribution < 1.29 is 13.6 Å². The van der Waals surface area contributed by atoms with Crippen molar-refractivity contribution in [3.05, 3.63) is 48.0 Å². The summed E-state index contributed by atoms with van der Waals surface area (Å²) in [5.74, 6) is -0.475. The Bertz CT molecular complexity index is 945. The minimum atomic E-state index is -0.495. The molecule has 0 atom stereocenters. The third-order valence-electron chi connectivity index (χ3n) is 4.77. The van der Waals surface area contributed by atoms with Crippen molar-refractivity contribution >= 4 is 22.6 Å². The molecule has 2 N–H and O–H groups in total. The van der Waals surface area contributed by atoms with Crippen molar-refractivity contribution in [1.82, 2.24) is 10.2 Å². The first kappa shape index (κ1) is 15.7. The van der Waals surface area contributed by atoms with E-state index in [1.54, 1.807) is 18.2 Å². The summed E-state index contributed by atoms with van der Waals surface area (Å²) >= 11 is 0. The first-order valence-corrected chi connectivity index (χ1v) is 8.36. The Labute approximate surface area is 143 Å². The van der Waals surface area contributed by atoms with E-state index in [2.05, 4.69) is 15.5 Å². The molecule has 0 bridgehead atoms. The standard InChI is InChI=1S/C19H17F2N3O/c20-13-6-8-16(21)15(10-13)12-5-7-14-17(9-12)23-24-18(14)22-19(25)11-3-1-2-4-11/h5-11H,1-4H2,(H2,22,23,24,25). The lowest BCUT2D eigenvalue weighted by molar-refractivity contribution is -0.119. The number of halogens is 2. The number of H-pyrrole nitrogens is 1. The number of fused-ring (bicyclic) bond motifs is 1. The largest absolute Gasteiger partial charge is 0.308 e. The van der Waals surface area contributed by atoms with E-state index < -0.39 is 11.6 Å². The lowest BCUT2D eigenvalue weighted by Crippen LogP contribution is -2.20. The lowest BCUT2D eigenvalue weighted by Gasteiger charge is -2.08. The number of rotatable bonds is 3. The predicted molar refractivity (Wildman–Crippen MR) is 92.0 cm³/mol. The minimum Gasteiger partial charge on any atom is -0.308 e. The second kappa shape index (κ2) is 6.27. The van der Waals surface area contributed by atoms with Crippen LogP contribution in [0.4, 0.5) is 14.6 Å². The Morgan fingerprint density at radius 3 is 2.72 bits per heavy atom. The van der Waals surface area contributed by atoms with Gasteiger partial charge in [0.25, 0.3) is 0 Å². The molecule has 1 aliphatic carbocycles. The maximum Gasteiger partial charge on any atom is 0.228 e. The smallest absolute Gasteiger partial charge is 0.228 e. The quantitative estimate of drug-likeness (QED) is 0.729. The molecule has 1 heterocycles. The summed E-state index contributed by atoms with van der Waals surface area (Å²) in [5.41, 5.74) is 1.39. The molecule has 25 heavy (non-hydrogen) atoms.